The van der Waals surface area contributed by atoms with Crippen molar-refractivity contribution in [2.45, 2.75) is 226 Å². The highest BCUT2D eigenvalue weighted by Gasteiger charge is 2.19. The lowest BCUT2D eigenvalue weighted by atomic mass is 10.1. The van der Waals surface area contributed by atoms with E-state index >= 15 is 0 Å². The highest BCUT2D eigenvalue weighted by Crippen LogP contribution is 2.13. The van der Waals surface area contributed by atoms with Crippen LogP contribution in [-0.4, -0.2) is 37.2 Å². The van der Waals surface area contributed by atoms with E-state index in [2.05, 4.69) is 154 Å². The van der Waals surface area contributed by atoms with Gasteiger partial charge in [-0.05, 0) is 109 Å². The number of ether oxygens (including phenoxy) is 3. The number of unbranched alkanes of at least 4 members (excludes halogenated alkanes) is 13. The first-order valence-electron chi connectivity index (χ1n) is 27.8. The van der Waals surface area contributed by atoms with Crippen molar-refractivity contribution in [1.82, 2.24) is 0 Å². The molecule has 0 spiro atoms. The fourth-order valence-corrected chi connectivity index (χ4v) is 7.00. The van der Waals surface area contributed by atoms with Crippen molar-refractivity contribution in [3.8, 4) is 0 Å². The Morgan fingerprint density at radius 2 is 0.586 bits per heavy atom. The normalized spacial score (nSPS) is 13.2. The Morgan fingerprint density at radius 3 is 0.929 bits per heavy atom. The minimum absolute atomic E-state index is 0.116. The molecule has 0 aromatic heterocycles. The number of hydrogen-bond donors (Lipinski definition) is 0. The molecule has 0 N–H and O–H groups in total. The predicted molar refractivity (Wildman–Crippen MR) is 302 cm³/mol. The Bertz CT molecular complexity index is 1580. The molecule has 0 saturated carbocycles. The molecule has 6 nitrogen and oxygen atoms in total. The van der Waals surface area contributed by atoms with Crippen molar-refractivity contribution < 1.29 is 28.6 Å². The summed E-state index contributed by atoms with van der Waals surface area (Å²) in [4.78, 5) is 37.8. The number of allylic oxidation sites excluding steroid dienone is 24. The monoisotopic (exact) mass is 965 g/mol. The average Bonchev–Trinajstić information content (AvgIpc) is 3.36. The molecule has 1 unspecified atom stereocenters. The summed E-state index contributed by atoms with van der Waals surface area (Å²) in [6.45, 7) is 6.26. The van der Waals surface area contributed by atoms with Crippen LogP contribution in [0, 0.1) is 0 Å². The molecular weight excluding hydrogens is 865 g/mol. The molecule has 0 heterocycles. The van der Waals surface area contributed by atoms with Crippen LogP contribution in [0.15, 0.2) is 146 Å². The second-order valence-electron chi connectivity index (χ2n) is 17.7. The number of carbonyl (C=O) groups is 3. The van der Waals surface area contributed by atoms with E-state index in [4.69, 9.17) is 14.2 Å². The summed E-state index contributed by atoms with van der Waals surface area (Å²) in [5.41, 5.74) is 0. The van der Waals surface area contributed by atoms with E-state index in [1.807, 2.05) is 12.2 Å². The van der Waals surface area contributed by atoms with Crippen LogP contribution in [0.25, 0.3) is 0 Å². The summed E-state index contributed by atoms with van der Waals surface area (Å²) < 4.78 is 16.6. The molecule has 0 amide bonds. The molecule has 0 aromatic carbocycles. The summed E-state index contributed by atoms with van der Waals surface area (Å²) in [6.07, 6.45) is 81.6. The Morgan fingerprint density at radius 1 is 0.300 bits per heavy atom. The lowest BCUT2D eigenvalue weighted by Gasteiger charge is -2.18. The van der Waals surface area contributed by atoms with Gasteiger partial charge in [-0.25, -0.2) is 0 Å². The van der Waals surface area contributed by atoms with Gasteiger partial charge in [0.25, 0.3) is 0 Å². The Balaban J connectivity index is 4.29. The minimum Gasteiger partial charge on any atom is -0.462 e. The van der Waals surface area contributed by atoms with Gasteiger partial charge in [-0.15, -0.1) is 0 Å². The first-order valence-corrected chi connectivity index (χ1v) is 27.8. The molecule has 0 fully saturated rings. The van der Waals surface area contributed by atoms with Crippen LogP contribution in [0.4, 0.5) is 0 Å². The smallest absolute Gasteiger partial charge is 0.306 e. The van der Waals surface area contributed by atoms with Gasteiger partial charge in [-0.2, -0.15) is 0 Å². The standard InChI is InChI=1S/C64H100O6/c1-4-7-10-13-16-18-20-22-24-26-28-29-30-31-32-33-34-35-37-38-40-42-44-46-48-51-54-57-63(66)69-60-61(59-68-62(65)56-53-50-15-12-9-6-3)70-64(67)58-55-52-49-47-45-43-41-39-36-27-25-23-21-19-17-14-11-8-5-2/h7-8,10-11,16-19,22-25,28-29,31-32,34-36,39,43,45,49,52,61H,4-6,9,12-15,20-21,26-27,30,33,37-38,40-42,44,46-48,50-51,53-60H2,1-3H3/b10-7-,11-8-,18-16-,19-17-,24-22-,25-23-,29-28-,32-31-,35-34-,39-36-,45-43-,52-49-. The molecule has 1 atom stereocenters. The second-order valence-corrected chi connectivity index (χ2v) is 17.7. The largest absolute Gasteiger partial charge is 0.462 e. The van der Waals surface area contributed by atoms with Gasteiger partial charge in [0.15, 0.2) is 6.10 Å². The van der Waals surface area contributed by atoms with E-state index in [9.17, 15) is 14.4 Å². The van der Waals surface area contributed by atoms with E-state index < -0.39 is 12.1 Å². The zero-order valence-electron chi connectivity index (χ0n) is 44.7. The second kappa shape index (κ2) is 56.9. The van der Waals surface area contributed by atoms with Crippen LogP contribution >= 0.6 is 0 Å². The van der Waals surface area contributed by atoms with Gasteiger partial charge in [0.1, 0.15) is 13.2 Å². The highest BCUT2D eigenvalue weighted by atomic mass is 16.6. The molecule has 392 valence electrons. The lowest BCUT2D eigenvalue weighted by Crippen LogP contribution is -2.30. The number of hydrogen-bond acceptors (Lipinski definition) is 6. The molecule has 0 radical (unpaired) electrons. The van der Waals surface area contributed by atoms with Crippen LogP contribution in [0.1, 0.15) is 220 Å². The average molecular weight is 965 g/mol. The summed E-state index contributed by atoms with van der Waals surface area (Å²) in [7, 11) is 0. The number of rotatable bonds is 48. The topological polar surface area (TPSA) is 78.9 Å². The zero-order valence-corrected chi connectivity index (χ0v) is 44.7. The molecule has 0 saturated heterocycles. The molecule has 6 heteroatoms. The van der Waals surface area contributed by atoms with E-state index in [0.29, 0.717) is 19.3 Å². The lowest BCUT2D eigenvalue weighted by molar-refractivity contribution is -0.166. The van der Waals surface area contributed by atoms with E-state index in [1.165, 1.54) is 51.4 Å². The highest BCUT2D eigenvalue weighted by molar-refractivity contribution is 5.71. The third-order valence-corrected chi connectivity index (χ3v) is 11.1. The summed E-state index contributed by atoms with van der Waals surface area (Å²) >= 11 is 0. The fourth-order valence-electron chi connectivity index (χ4n) is 7.00. The maximum absolute atomic E-state index is 12.7. The minimum atomic E-state index is -0.824. The van der Waals surface area contributed by atoms with Crippen molar-refractivity contribution in [3.05, 3.63) is 146 Å². The van der Waals surface area contributed by atoms with Crippen molar-refractivity contribution in [3.63, 3.8) is 0 Å². The van der Waals surface area contributed by atoms with Crippen LogP contribution in [0.3, 0.4) is 0 Å². The third-order valence-electron chi connectivity index (χ3n) is 11.1. The zero-order chi connectivity index (χ0) is 50.7. The van der Waals surface area contributed by atoms with Gasteiger partial charge in [0.05, 0.1) is 0 Å². The predicted octanol–water partition coefficient (Wildman–Crippen LogP) is 18.8. The fraction of sp³-hybridized carbons (Fsp3) is 0.578. The molecule has 0 rings (SSSR count). The number of esters is 3. The van der Waals surface area contributed by atoms with Crippen molar-refractivity contribution in [2.24, 2.45) is 0 Å². The molecule has 0 aliphatic rings. The van der Waals surface area contributed by atoms with Crippen molar-refractivity contribution >= 4 is 17.9 Å². The van der Waals surface area contributed by atoms with Gasteiger partial charge < -0.3 is 14.2 Å². The van der Waals surface area contributed by atoms with Gasteiger partial charge in [0.2, 0.25) is 0 Å². The molecule has 0 aromatic rings. The van der Waals surface area contributed by atoms with Crippen molar-refractivity contribution in [2.75, 3.05) is 13.2 Å². The summed E-state index contributed by atoms with van der Waals surface area (Å²) in [5.74, 6) is -1.03. The summed E-state index contributed by atoms with van der Waals surface area (Å²) in [5, 5.41) is 0. The van der Waals surface area contributed by atoms with E-state index in [1.54, 1.807) is 0 Å². The van der Waals surface area contributed by atoms with Gasteiger partial charge in [-0.1, -0.05) is 237 Å². The molecular formula is C64H100O6. The van der Waals surface area contributed by atoms with Crippen LogP contribution in [-0.2, 0) is 28.6 Å². The van der Waals surface area contributed by atoms with Gasteiger partial charge >= 0.3 is 17.9 Å². The first-order chi connectivity index (χ1) is 34.5. The molecule has 0 aliphatic heterocycles. The number of carbonyl (C=O) groups excluding carboxylic acids is 3. The van der Waals surface area contributed by atoms with E-state index in [-0.39, 0.29) is 31.6 Å². The molecule has 0 aliphatic carbocycles. The molecule has 70 heavy (non-hydrogen) atoms. The van der Waals surface area contributed by atoms with Crippen LogP contribution < -0.4 is 0 Å². The summed E-state index contributed by atoms with van der Waals surface area (Å²) in [6, 6.07) is 0. The first kappa shape index (κ1) is 65.3. The van der Waals surface area contributed by atoms with Crippen LogP contribution in [0.5, 0.6) is 0 Å². The third kappa shape index (κ3) is 54.2. The maximum atomic E-state index is 12.7. The maximum Gasteiger partial charge on any atom is 0.306 e. The SMILES string of the molecule is CC/C=C\C/C=C\C/C=C\C/C=C\C/C=C\C/C=C\CCCCCCCCCCC(=O)OCC(COC(=O)CCCCCCCC)OC(=O)CC/C=C\C/C=C\C/C=C\C/C=C\C/C=C\C/C=C\CC. The molecule has 0 bridgehead atoms. The Kier molecular flexibility index (Phi) is 53.0. The van der Waals surface area contributed by atoms with Crippen LogP contribution in [0.2, 0.25) is 0 Å². The Labute approximate surface area is 429 Å². The van der Waals surface area contributed by atoms with Crippen molar-refractivity contribution in [1.29, 1.82) is 0 Å². The van der Waals surface area contributed by atoms with Gasteiger partial charge in [-0.3, -0.25) is 14.4 Å². The van der Waals surface area contributed by atoms with E-state index in [0.717, 1.165) is 122 Å². The Hall–Kier alpha value is -4.71. The quantitative estimate of drug-likeness (QED) is 0.0262. The van der Waals surface area contributed by atoms with Gasteiger partial charge in [0, 0.05) is 19.3 Å².